The van der Waals surface area contributed by atoms with E-state index in [0.29, 0.717) is 0 Å². The highest BCUT2D eigenvalue weighted by Crippen LogP contribution is 2.28. The second-order valence-corrected chi connectivity index (χ2v) is 5.38. The molecule has 7 heteroatoms. The first-order valence-electron chi connectivity index (χ1n) is 7.53. The molecule has 2 rings (SSSR count). The zero-order valence-electron chi connectivity index (χ0n) is 12.8. The quantitative estimate of drug-likeness (QED) is 0.685. The number of carbonyl (C=O) groups excluding carboxylic acids is 2. The highest BCUT2D eigenvalue weighted by molar-refractivity contribution is 5.76. The topological polar surface area (TPSA) is 105 Å². The lowest BCUT2D eigenvalue weighted by molar-refractivity contribution is -0.148. The van der Waals surface area contributed by atoms with Crippen LogP contribution in [0.25, 0.3) is 0 Å². The summed E-state index contributed by atoms with van der Waals surface area (Å²) >= 11 is 0. The van der Waals surface area contributed by atoms with E-state index in [-0.39, 0.29) is 19.6 Å². The number of rotatable bonds is 5. The monoisotopic (exact) mass is 323 g/mol. The molecule has 1 aromatic carbocycles. The summed E-state index contributed by atoms with van der Waals surface area (Å²) in [5.41, 5.74) is 0.816. The zero-order valence-corrected chi connectivity index (χ0v) is 12.8. The lowest BCUT2D eigenvalue weighted by Crippen LogP contribution is -2.48. The van der Waals surface area contributed by atoms with Crippen molar-refractivity contribution >= 4 is 12.1 Å². The average Bonchev–Trinajstić information content (AvgIpc) is 2.82. The SMILES string of the molecule is CCOC(=O)[C@H]1C[C@@H](O)[C@@H](O)[C@@H]1NC(=O)OCc1ccccc1. The van der Waals surface area contributed by atoms with E-state index in [1.807, 2.05) is 30.3 Å². The molecule has 3 N–H and O–H groups in total. The van der Waals surface area contributed by atoms with E-state index in [0.717, 1.165) is 5.56 Å². The third-order valence-corrected chi connectivity index (χ3v) is 3.78. The van der Waals surface area contributed by atoms with Crippen molar-refractivity contribution in [1.82, 2.24) is 5.32 Å². The molecule has 0 bridgehead atoms. The second-order valence-electron chi connectivity index (χ2n) is 5.38. The van der Waals surface area contributed by atoms with Gasteiger partial charge in [-0.25, -0.2) is 4.79 Å². The van der Waals surface area contributed by atoms with Crippen LogP contribution in [0, 0.1) is 5.92 Å². The Labute approximate surface area is 134 Å². The van der Waals surface area contributed by atoms with Gasteiger partial charge in [0.2, 0.25) is 0 Å². The molecule has 126 valence electrons. The Bertz CT molecular complexity index is 535. The Morgan fingerprint density at radius 3 is 2.57 bits per heavy atom. The minimum Gasteiger partial charge on any atom is -0.466 e. The first kappa shape index (κ1) is 17.2. The largest absolute Gasteiger partial charge is 0.466 e. The van der Waals surface area contributed by atoms with E-state index in [1.54, 1.807) is 6.92 Å². The molecule has 7 nitrogen and oxygen atoms in total. The number of alkyl carbamates (subject to hydrolysis) is 1. The average molecular weight is 323 g/mol. The number of esters is 1. The Balaban J connectivity index is 1.92. The van der Waals surface area contributed by atoms with Crippen LogP contribution in [0.1, 0.15) is 18.9 Å². The van der Waals surface area contributed by atoms with Crippen molar-refractivity contribution in [3.8, 4) is 0 Å². The molecule has 0 unspecified atom stereocenters. The lowest BCUT2D eigenvalue weighted by atomic mass is 10.0. The molecule has 0 radical (unpaired) electrons. The van der Waals surface area contributed by atoms with Gasteiger partial charge in [0.05, 0.1) is 24.7 Å². The summed E-state index contributed by atoms with van der Waals surface area (Å²) in [6.07, 6.45) is -3.07. The highest BCUT2D eigenvalue weighted by Gasteiger charge is 2.47. The van der Waals surface area contributed by atoms with Gasteiger partial charge in [-0.2, -0.15) is 0 Å². The summed E-state index contributed by atoms with van der Waals surface area (Å²) in [6, 6.07) is 8.18. The number of amides is 1. The van der Waals surface area contributed by atoms with Crippen molar-refractivity contribution in [1.29, 1.82) is 0 Å². The molecule has 1 aromatic rings. The third-order valence-electron chi connectivity index (χ3n) is 3.78. The molecule has 4 atom stereocenters. The van der Waals surface area contributed by atoms with Crippen LogP contribution in [0.3, 0.4) is 0 Å². The van der Waals surface area contributed by atoms with Crippen molar-refractivity contribution in [3.05, 3.63) is 35.9 Å². The molecule has 1 saturated carbocycles. The number of hydrogen-bond acceptors (Lipinski definition) is 6. The minimum absolute atomic E-state index is 0.0314. The van der Waals surface area contributed by atoms with Crippen LogP contribution in [-0.2, 0) is 20.9 Å². The predicted octanol–water partition coefficient (Wildman–Crippen LogP) is 0.586. The first-order chi connectivity index (χ1) is 11.0. The first-order valence-corrected chi connectivity index (χ1v) is 7.53. The van der Waals surface area contributed by atoms with Gasteiger partial charge in [-0.05, 0) is 18.9 Å². The summed E-state index contributed by atoms with van der Waals surface area (Å²) in [6.45, 7) is 1.92. The fourth-order valence-electron chi connectivity index (χ4n) is 2.60. The van der Waals surface area contributed by atoms with E-state index in [1.165, 1.54) is 0 Å². The number of hydrogen-bond donors (Lipinski definition) is 3. The summed E-state index contributed by atoms with van der Waals surface area (Å²) in [5.74, 6) is -1.36. The normalized spacial score (nSPS) is 26.6. The van der Waals surface area contributed by atoms with Crippen LogP contribution in [0.5, 0.6) is 0 Å². The number of aliphatic hydroxyl groups is 2. The molecule has 0 saturated heterocycles. The highest BCUT2D eigenvalue weighted by atomic mass is 16.5. The lowest BCUT2D eigenvalue weighted by Gasteiger charge is -2.22. The van der Waals surface area contributed by atoms with Gasteiger partial charge in [0, 0.05) is 0 Å². The summed E-state index contributed by atoms with van der Waals surface area (Å²) < 4.78 is 9.98. The Morgan fingerprint density at radius 2 is 1.91 bits per heavy atom. The zero-order chi connectivity index (χ0) is 16.8. The van der Waals surface area contributed by atoms with Crippen LogP contribution in [-0.4, -0.2) is 47.1 Å². The molecular formula is C16H21NO6. The molecule has 0 spiro atoms. The second kappa shape index (κ2) is 7.94. The third kappa shape index (κ3) is 4.43. The fraction of sp³-hybridized carbons (Fsp3) is 0.500. The minimum atomic E-state index is -1.24. The Hall–Kier alpha value is -2.12. The van der Waals surface area contributed by atoms with Gasteiger partial charge in [0.15, 0.2) is 0 Å². The van der Waals surface area contributed by atoms with Crippen molar-refractivity contribution in [2.24, 2.45) is 5.92 Å². The van der Waals surface area contributed by atoms with Crippen LogP contribution in [0.2, 0.25) is 0 Å². The molecule has 1 amide bonds. The van der Waals surface area contributed by atoms with Crippen molar-refractivity contribution in [2.45, 2.75) is 38.2 Å². The van der Waals surface area contributed by atoms with Crippen molar-refractivity contribution in [3.63, 3.8) is 0 Å². The van der Waals surface area contributed by atoms with Crippen molar-refractivity contribution < 1.29 is 29.3 Å². The van der Waals surface area contributed by atoms with Crippen LogP contribution in [0.4, 0.5) is 4.79 Å². The van der Waals surface area contributed by atoms with E-state index in [2.05, 4.69) is 5.32 Å². The van der Waals surface area contributed by atoms with E-state index < -0.39 is 36.2 Å². The Kier molecular flexibility index (Phi) is 5.95. The van der Waals surface area contributed by atoms with Crippen LogP contribution in [0.15, 0.2) is 30.3 Å². The van der Waals surface area contributed by atoms with Crippen LogP contribution >= 0.6 is 0 Å². The molecule has 1 fully saturated rings. The fourth-order valence-corrected chi connectivity index (χ4v) is 2.60. The van der Waals surface area contributed by atoms with Gasteiger partial charge in [-0.1, -0.05) is 30.3 Å². The number of nitrogens with one attached hydrogen (secondary N) is 1. The maximum absolute atomic E-state index is 11.9. The van der Waals surface area contributed by atoms with Gasteiger partial charge in [0.1, 0.15) is 12.7 Å². The summed E-state index contributed by atoms with van der Waals surface area (Å²) in [5, 5.41) is 22.1. The molecular weight excluding hydrogens is 302 g/mol. The maximum atomic E-state index is 11.9. The van der Waals surface area contributed by atoms with Gasteiger partial charge >= 0.3 is 12.1 Å². The summed E-state index contributed by atoms with van der Waals surface area (Å²) in [7, 11) is 0. The van der Waals surface area contributed by atoms with E-state index in [4.69, 9.17) is 9.47 Å². The molecule has 0 heterocycles. The van der Waals surface area contributed by atoms with Gasteiger partial charge in [-0.15, -0.1) is 0 Å². The number of ether oxygens (including phenoxy) is 2. The van der Waals surface area contributed by atoms with E-state index >= 15 is 0 Å². The standard InChI is InChI=1S/C16H21NO6/c1-2-22-15(20)11-8-12(18)14(19)13(11)17-16(21)23-9-10-6-4-3-5-7-10/h3-7,11-14,18-19H,2,8-9H2,1H3,(H,17,21)/t11-,12+,13+,14+/m0/s1. The number of carbonyl (C=O) groups is 2. The van der Waals surface area contributed by atoms with Gasteiger partial charge < -0.3 is 25.0 Å². The summed E-state index contributed by atoms with van der Waals surface area (Å²) in [4.78, 5) is 23.7. The molecule has 1 aliphatic carbocycles. The van der Waals surface area contributed by atoms with Gasteiger partial charge in [-0.3, -0.25) is 4.79 Å². The van der Waals surface area contributed by atoms with Crippen molar-refractivity contribution in [2.75, 3.05) is 6.61 Å². The smallest absolute Gasteiger partial charge is 0.407 e. The molecule has 1 aliphatic rings. The maximum Gasteiger partial charge on any atom is 0.407 e. The van der Waals surface area contributed by atoms with Gasteiger partial charge in [0.25, 0.3) is 0 Å². The number of aliphatic hydroxyl groups excluding tert-OH is 2. The number of benzene rings is 1. The van der Waals surface area contributed by atoms with E-state index in [9.17, 15) is 19.8 Å². The molecule has 0 aromatic heterocycles. The molecule has 0 aliphatic heterocycles. The predicted molar refractivity (Wildman–Crippen MR) is 80.3 cm³/mol. The van der Waals surface area contributed by atoms with Crippen LogP contribution < -0.4 is 5.32 Å². The Morgan fingerprint density at radius 1 is 1.22 bits per heavy atom. The molecule has 23 heavy (non-hydrogen) atoms.